The van der Waals surface area contributed by atoms with Crippen LogP contribution in [0.4, 0.5) is 4.39 Å². The molecule has 1 amide bonds. The topological polar surface area (TPSA) is 62.5 Å². The molecule has 0 saturated carbocycles. The van der Waals surface area contributed by atoms with Crippen LogP contribution in [0.15, 0.2) is 23.6 Å². The zero-order valence-corrected chi connectivity index (χ0v) is 17.1. The molecule has 144 valence electrons. The van der Waals surface area contributed by atoms with Gasteiger partial charge in [0, 0.05) is 55.2 Å². The van der Waals surface area contributed by atoms with Gasteiger partial charge < -0.3 is 10.6 Å². The molecule has 2 N–H and O–H groups in total. The molecule has 0 radical (unpaired) electrons. The zero-order chi connectivity index (χ0) is 17.1. The molecule has 10 heteroatoms. The minimum Gasteiger partial charge on any atom is -0.335 e. The van der Waals surface area contributed by atoms with Crippen molar-refractivity contribution in [3.8, 4) is 0 Å². The number of piperazine rings is 1. The maximum atomic E-state index is 13.9. The number of amides is 1. The number of hydrogen-bond donors (Lipinski definition) is 1. The van der Waals surface area contributed by atoms with Crippen molar-refractivity contribution in [3.63, 3.8) is 0 Å². The molecule has 1 aliphatic rings. The van der Waals surface area contributed by atoms with E-state index < -0.39 is 0 Å². The van der Waals surface area contributed by atoms with Crippen LogP contribution in [0.5, 0.6) is 0 Å². The second kappa shape index (κ2) is 10.4. The number of thiazole rings is 1. The number of halogens is 4. The molecule has 3 rings (SSSR count). The molecule has 0 bridgehead atoms. The lowest BCUT2D eigenvalue weighted by molar-refractivity contribution is 0.0622. The van der Waals surface area contributed by atoms with E-state index in [0.717, 1.165) is 5.01 Å². The smallest absolute Gasteiger partial charge is 0.273 e. The molecule has 26 heavy (non-hydrogen) atoms. The number of rotatable bonds is 4. The Bertz CT molecular complexity index is 718. The SMILES string of the molecule is Cl.Cl.NCc1nc(C(=O)N2CCN(Cc3c(F)cccc3Cl)CC2)cs1. The van der Waals surface area contributed by atoms with E-state index in [4.69, 9.17) is 17.3 Å². The highest BCUT2D eigenvalue weighted by Crippen LogP contribution is 2.21. The highest BCUT2D eigenvalue weighted by Gasteiger charge is 2.24. The Balaban J connectivity index is 0.00000169. The molecule has 1 aromatic carbocycles. The van der Waals surface area contributed by atoms with Crippen LogP contribution in [0.1, 0.15) is 21.1 Å². The summed E-state index contributed by atoms with van der Waals surface area (Å²) in [6.45, 7) is 3.30. The Hall–Kier alpha value is -0.960. The van der Waals surface area contributed by atoms with Gasteiger partial charge in [-0.2, -0.15) is 0 Å². The van der Waals surface area contributed by atoms with Gasteiger partial charge in [0.1, 0.15) is 16.5 Å². The van der Waals surface area contributed by atoms with Gasteiger partial charge >= 0.3 is 0 Å². The van der Waals surface area contributed by atoms with Crippen molar-refractivity contribution in [2.75, 3.05) is 26.2 Å². The van der Waals surface area contributed by atoms with Crippen molar-refractivity contribution in [3.05, 3.63) is 50.7 Å². The minimum atomic E-state index is -0.294. The zero-order valence-electron chi connectivity index (χ0n) is 13.9. The number of carbonyl (C=O) groups excluding carboxylic acids is 1. The average molecular weight is 442 g/mol. The van der Waals surface area contributed by atoms with Crippen molar-refractivity contribution >= 4 is 53.7 Å². The molecule has 0 atom stereocenters. The summed E-state index contributed by atoms with van der Waals surface area (Å²) in [5, 5.41) is 2.94. The van der Waals surface area contributed by atoms with Gasteiger partial charge in [0.25, 0.3) is 5.91 Å². The lowest BCUT2D eigenvalue weighted by atomic mass is 10.2. The lowest BCUT2D eigenvalue weighted by Gasteiger charge is -2.34. The number of benzene rings is 1. The first-order chi connectivity index (χ1) is 11.6. The average Bonchev–Trinajstić information content (AvgIpc) is 3.07. The van der Waals surface area contributed by atoms with Gasteiger partial charge in [-0.05, 0) is 12.1 Å². The van der Waals surface area contributed by atoms with E-state index >= 15 is 0 Å². The number of hydrogen-bond acceptors (Lipinski definition) is 5. The summed E-state index contributed by atoms with van der Waals surface area (Å²) in [6.07, 6.45) is 0. The second-order valence-electron chi connectivity index (χ2n) is 5.60. The van der Waals surface area contributed by atoms with E-state index in [-0.39, 0.29) is 36.5 Å². The molecule has 1 aromatic heterocycles. The number of nitrogens with two attached hydrogens (primary N) is 1. The molecule has 1 saturated heterocycles. The van der Waals surface area contributed by atoms with Crippen molar-refractivity contribution in [2.45, 2.75) is 13.1 Å². The van der Waals surface area contributed by atoms with E-state index in [1.54, 1.807) is 22.4 Å². The first-order valence-corrected chi connectivity index (χ1v) is 8.93. The summed E-state index contributed by atoms with van der Waals surface area (Å²) in [7, 11) is 0. The van der Waals surface area contributed by atoms with Gasteiger partial charge in [-0.3, -0.25) is 9.69 Å². The van der Waals surface area contributed by atoms with E-state index in [9.17, 15) is 9.18 Å². The fourth-order valence-electron chi connectivity index (χ4n) is 2.68. The first kappa shape index (κ1) is 23.1. The number of carbonyl (C=O) groups is 1. The predicted molar refractivity (Wildman–Crippen MR) is 107 cm³/mol. The third-order valence-corrected chi connectivity index (χ3v) is 5.27. The molecule has 1 fully saturated rings. The predicted octanol–water partition coefficient (Wildman–Crippen LogP) is 3.20. The lowest BCUT2D eigenvalue weighted by Crippen LogP contribution is -2.48. The molecular formula is C16H20Cl3FN4OS. The maximum absolute atomic E-state index is 13.9. The molecule has 0 spiro atoms. The third kappa shape index (κ3) is 5.28. The second-order valence-corrected chi connectivity index (χ2v) is 6.95. The Morgan fingerprint density at radius 3 is 2.54 bits per heavy atom. The standard InChI is InChI=1S/C16H18ClFN4OS.2ClH/c17-12-2-1-3-13(18)11(12)9-21-4-6-22(7-5-21)16(23)14-10-24-15(8-19)20-14;;/h1-3,10H,4-9,19H2;2*1H. The van der Waals surface area contributed by atoms with Crippen molar-refractivity contribution in [1.29, 1.82) is 0 Å². The quantitative estimate of drug-likeness (QED) is 0.791. The van der Waals surface area contributed by atoms with Crippen LogP contribution < -0.4 is 5.73 Å². The summed E-state index contributed by atoms with van der Waals surface area (Å²) < 4.78 is 13.9. The molecule has 0 unspecified atom stereocenters. The van der Waals surface area contributed by atoms with Crippen LogP contribution in [0.25, 0.3) is 0 Å². The van der Waals surface area contributed by atoms with Gasteiger partial charge in [-0.25, -0.2) is 9.37 Å². The molecule has 2 heterocycles. The van der Waals surface area contributed by atoms with Gasteiger partial charge in [0.2, 0.25) is 0 Å². The van der Waals surface area contributed by atoms with Crippen LogP contribution in [0.3, 0.4) is 0 Å². The van der Waals surface area contributed by atoms with Crippen molar-refractivity contribution in [2.24, 2.45) is 5.73 Å². The molecular weight excluding hydrogens is 422 g/mol. The molecule has 0 aliphatic carbocycles. The summed E-state index contributed by atoms with van der Waals surface area (Å²) in [4.78, 5) is 20.5. The summed E-state index contributed by atoms with van der Waals surface area (Å²) in [5.41, 5.74) is 6.49. The van der Waals surface area contributed by atoms with Crippen LogP contribution in [0.2, 0.25) is 5.02 Å². The van der Waals surface area contributed by atoms with Crippen molar-refractivity contribution in [1.82, 2.24) is 14.8 Å². The fourth-order valence-corrected chi connectivity index (χ4v) is 3.55. The molecule has 1 aliphatic heterocycles. The third-order valence-electron chi connectivity index (χ3n) is 4.05. The van der Waals surface area contributed by atoms with Gasteiger partial charge in [0.15, 0.2) is 0 Å². The minimum absolute atomic E-state index is 0. The molecule has 2 aromatic rings. The number of nitrogens with zero attached hydrogens (tertiary/aromatic N) is 3. The summed E-state index contributed by atoms with van der Waals surface area (Å²) >= 11 is 7.47. The summed E-state index contributed by atoms with van der Waals surface area (Å²) in [5.74, 6) is -0.368. The highest BCUT2D eigenvalue weighted by molar-refractivity contribution is 7.09. The monoisotopic (exact) mass is 440 g/mol. The fraction of sp³-hybridized carbons (Fsp3) is 0.375. The Morgan fingerprint density at radius 2 is 1.96 bits per heavy atom. The Kier molecular flexibility index (Phi) is 9.23. The van der Waals surface area contributed by atoms with E-state index in [0.29, 0.717) is 55.5 Å². The first-order valence-electron chi connectivity index (χ1n) is 7.67. The highest BCUT2D eigenvalue weighted by atomic mass is 35.5. The van der Waals surface area contributed by atoms with Crippen LogP contribution in [-0.2, 0) is 13.1 Å². The Morgan fingerprint density at radius 1 is 1.27 bits per heavy atom. The van der Waals surface area contributed by atoms with Crippen molar-refractivity contribution < 1.29 is 9.18 Å². The largest absolute Gasteiger partial charge is 0.335 e. The van der Waals surface area contributed by atoms with E-state index in [1.807, 2.05) is 0 Å². The van der Waals surface area contributed by atoms with Gasteiger partial charge in [0.05, 0.1) is 0 Å². The van der Waals surface area contributed by atoms with Crippen LogP contribution >= 0.6 is 47.8 Å². The van der Waals surface area contributed by atoms with Gasteiger partial charge in [-0.1, -0.05) is 17.7 Å². The van der Waals surface area contributed by atoms with Crippen LogP contribution in [-0.4, -0.2) is 46.9 Å². The summed E-state index contributed by atoms with van der Waals surface area (Å²) in [6, 6.07) is 4.70. The van der Waals surface area contributed by atoms with E-state index in [2.05, 4.69) is 9.88 Å². The Labute approximate surface area is 173 Å². The van der Waals surface area contributed by atoms with E-state index in [1.165, 1.54) is 17.4 Å². The maximum Gasteiger partial charge on any atom is 0.273 e. The number of aromatic nitrogens is 1. The van der Waals surface area contributed by atoms with Gasteiger partial charge in [-0.15, -0.1) is 36.2 Å². The van der Waals surface area contributed by atoms with Crippen LogP contribution in [0, 0.1) is 5.82 Å². The normalized spacial score (nSPS) is 14.5. The molecule has 5 nitrogen and oxygen atoms in total.